The largest absolute Gasteiger partial charge is 0.355 e. The third-order valence-electron chi connectivity index (χ3n) is 4.56. The molecule has 0 saturated carbocycles. The number of hydrogen-bond acceptors (Lipinski definition) is 2. The quantitative estimate of drug-likeness (QED) is 0.377. The van der Waals surface area contributed by atoms with E-state index in [1.807, 2.05) is 12.1 Å². The predicted molar refractivity (Wildman–Crippen MR) is 122 cm³/mol. The Balaban J connectivity index is 1.77. The standard InChI is InChI=1S/C25H21NS/c1-3-10-21-22-17-19(15-16-25(22)27-24(21)4-2)26-23-14-9-8-13-20(23)18-11-6-5-7-12-18/h3-17,26H,2H2,1H3/b10-3-. The number of rotatable bonds is 5. The van der Waals surface area contributed by atoms with Crippen molar-refractivity contribution in [1.82, 2.24) is 0 Å². The fourth-order valence-corrected chi connectivity index (χ4v) is 4.34. The molecule has 1 N–H and O–H groups in total. The van der Waals surface area contributed by atoms with Crippen molar-refractivity contribution in [2.24, 2.45) is 0 Å². The molecule has 4 rings (SSSR count). The van der Waals surface area contributed by atoms with Gasteiger partial charge in [0.15, 0.2) is 0 Å². The number of thiophene rings is 1. The molecule has 0 aliphatic heterocycles. The SMILES string of the molecule is C=Cc1sc2ccc(Nc3ccccc3-c3ccccc3)cc2c1/C=C\C. The van der Waals surface area contributed by atoms with E-state index in [-0.39, 0.29) is 0 Å². The molecule has 0 aliphatic rings. The first-order valence-corrected chi connectivity index (χ1v) is 9.85. The topological polar surface area (TPSA) is 12.0 Å². The molecule has 4 aromatic rings. The summed E-state index contributed by atoms with van der Waals surface area (Å²) in [5, 5.41) is 4.87. The van der Waals surface area contributed by atoms with Crippen LogP contribution in [0.2, 0.25) is 0 Å². The second-order valence-electron chi connectivity index (χ2n) is 6.33. The first kappa shape index (κ1) is 17.3. The molecule has 0 radical (unpaired) electrons. The highest BCUT2D eigenvalue weighted by molar-refractivity contribution is 7.20. The summed E-state index contributed by atoms with van der Waals surface area (Å²) in [6.07, 6.45) is 6.19. The van der Waals surface area contributed by atoms with Gasteiger partial charge in [-0.15, -0.1) is 11.3 Å². The van der Waals surface area contributed by atoms with Crippen LogP contribution in [0.5, 0.6) is 0 Å². The molecule has 0 saturated heterocycles. The van der Waals surface area contributed by atoms with Gasteiger partial charge in [-0.05, 0) is 36.8 Å². The van der Waals surface area contributed by atoms with Crippen molar-refractivity contribution >= 4 is 44.9 Å². The Morgan fingerprint density at radius 1 is 0.926 bits per heavy atom. The molecule has 2 heteroatoms. The van der Waals surface area contributed by atoms with Crippen LogP contribution < -0.4 is 5.32 Å². The van der Waals surface area contributed by atoms with Gasteiger partial charge in [-0.1, -0.05) is 73.3 Å². The number of nitrogens with one attached hydrogen (secondary N) is 1. The molecule has 1 heterocycles. The van der Waals surface area contributed by atoms with Crippen molar-refractivity contribution in [2.75, 3.05) is 5.32 Å². The van der Waals surface area contributed by atoms with Crippen molar-refractivity contribution in [1.29, 1.82) is 0 Å². The summed E-state index contributed by atoms with van der Waals surface area (Å²) in [5.74, 6) is 0. The minimum Gasteiger partial charge on any atom is -0.355 e. The smallest absolute Gasteiger partial charge is 0.0463 e. The van der Waals surface area contributed by atoms with E-state index < -0.39 is 0 Å². The molecule has 0 spiro atoms. The summed E-state index contributed by atoms with van der Waals surface area (Å²) < 4.78 is 1.28. The van der Waals surface area contributed by atoms with Crippen LogP contribution in [-0.2, 0) is 0 Å². The number of hydrogen-bond donors (Lipinski definition) is 1. The van der Waals surface area contributed by atoms with Gasteiger partial charge >= 0.3 is 0 Å². The number of fused-ring (bicyclic) bond motifs is 1. The monoisotopic (exact) mass is 367 g/mol. The maximum Gasteiger partial charge on any atom is 0.0463 e. The maximum atomic E-state index is 3.97. The second kappa shape index (κ2) is 7.65. The first-order valence-electron chi connectivity index (χ1n) is 9.03. The van der Waals surface area contributed by atoms with E-state index >= 15 is 0 Å². The van der Waals surface area contributed by atoms with E-state index in [9.17, 15) is 0 Å². The summed E-state index contributed by atoms with van der Waals surface area (Å²) in [7, 11) is 0. The molecule has 0 unspecified atom stereocenters. The van der Waals surface area contributed by atoms with E-state index in [1.165, 1.54) is 31.7 Å². The molecule has 1 aromatic heterocycles. The molecule has 0 bridgehead atoms. The van der Waals surface area contributed by atoms with Gasteiger partial charge in [0.2, 0.25) is 0 Å². The van der Waals surface area contributed by atoms with Crippen molar-refractivity contribution in [3.8, 4) is 11.1 Å². The lowest BCUT2D eigenvalue weighted by Crippen LogP contribution is -1.93. The molecule has 0 aliphatic carbocycles. The van der Waals surface area contributed by atoms with E-state index in [1.54, 1.807) is 11.3 Å². The Morgan fingerprint density at radius 2 is 1.70 bits per heavy atom. The lowest BCUT2D eigenvalue weighted by Gasteiger charge is -2.12. The van der Waals surface area contributed by atoms with Gasteiger partial charge < -0.3 is 5.32 Å². The summed E-state index contributed by atoms with van der Waals surface area (Å²) in [6, 6.07) is 25.5. The lowest BCUT2D eigenvalue weighted by molar-refractivity contribution is 1.55. The van der Waals surface area contributed by atoms with Crippen LogP contribution >= 0.6 is 11.3 Å². The predicted octanol–water partition coefficient (Wildman–Crippen LogP) is 7.99. The Hall–Kier alpha value is -3.10. The average molecular weight is 368 g/mol. The Labute approximate surface area is 164 Å². The summed E-state index contributed by atoms with van der Waals surface area (Å²) >= 11 is 1.78. The van der Waals surface area contributed by atoms with Gasteiger partial charge in [-0.3, -0.25) is 0 Å². The molecule has 132 valence electrons. The Kier molecular flexibility index (Phi) is 4.91. The number of allylic oxidation sites excluding steroid dienone is 1. The van der Waals surface area contributed by atoms with Crippen LogP contribution in [0, 0.1) is 0 Å². The zero-order chi connectivity index (χ0) is 18.6. The normalized spacial score (nSPS) is 11.1. The average Bonchev–Trinajstić information content (AvgIpc) is 3.06. The first-order chi connectivity index (χ1) is 13.3. The van der Waals surface area contributed by atoms with E-state index in [4.69, 9.17) is 0 Å². The summed E-state index contributed by atoms with van der Waals surface area (Å²) in [5.41, 5.74) is 5.84. The maximum absolute atomic E-state index is 3.97. The highest BCUT2D eigenvalue weighted by Gasteiger charge is 2.10. The van der Waals surface area contributed by atoms with Crippen LogP contribution in [0.4, 0.5) is 11.4 Å². The zero-order valence-electron chi connectivity index (χ0n) is 15.3. The van der Waals surface area contributed by atoms with Crippen LogP contribution in [-0.4, -0.2) is 0 Å². The van der Waals surface area contributed by atoms with Crippen molar-refractivity contribution < 1.29 is 0 Å². The Bertz CT molecular complexity index is 1120. The third kappa shape index (κ3) is 3.44. The summed E-state index contributed by atoms with van der Waals surface area (Å²) in [6.45, 7) is 6.02. The van der Waals surface area contributed by atoms with Crippen LogP contribution in [0.3, 0.4) is 0 Å². The molecular formula is C25H21NS. The Morgan fingerprint density at radius 3 is 2.48 bits per heavy atom. The highest BCUT2D eigenvalue weighted by Crippen LogP contribution is 2.36. The molecule has 0 fully saturated rings. The fourth-order valence-electron chi connectivity index (χ4n) is 3.32. The summed E-state index contributed by atoms with van der Waals surface area (Å²) in [4.78, 5) is 1.21. The lowest BCUT2D eigenvalue weighted by atomic mass is 10.0. The second-order valence-corrected chi connectivity index (χ2v) is 7.42. The minimum absolute atomic E-state index is 1.09. The van der Waals surface area contributed by atoms with Gasteiger partial charge in [0.05, 0.1) is 0 Å². The molecule has 3 aromatic carbocycles. The van der Waals surface area contributed by atoms with Crippen molar-refractivity contribution in [3.05, 3.63) is 95.9 Å². The molecular weight excluding hydrogens is 346 g/mol. The number of para-hydroxylation sites is 1. The van der Waals surface area contributed by atoms with Crippen LogP contribution in [0.15, 0.2) is 85.5 Å². The fraction of sp³-hybridized carbons (Fsp3) is 0.0400. The van der Waals surface area contributed by atoms with Gasteiger partial charge in [0.1, 0.15) is 0 Å². The van der Waals surface area contributed by atoms with Crippen LogP contribution in [0.1, 0.15) is 17.4 Å². The number of anilines is 2. The highest BCUT2D eigenvalue weighted by atomic mass is 32.1. The third-order valence-corrected chi connectivity index (χ3v) is 5.75. The zero-order valence-corrected chi connectivity index (χ0v) is 16.1. The van der Waals surface area contributed by atoms with Gasteiger partial charge in [0, 0.05) is 37.5 Å². The number of benzene rings is 3. The van der Waals surface area contributed by atoms with Gasteiger partial charge in [0.25, 0.3) is 0 Å². The van der Waals surface area contributed by atoms with E-state index in [0.717, 1.165) is 11.4 Å². The van der Waals surface area contributed by atoms with Crippen molar-refractivity contribution in [3.63, 3.8) is 0 Å². The molecule has 27 heavy (non-hydrogen) atoms. The van der Waals surface area contributed by atoms with E-state index in [2.05, 4.69) is 97.7 Å². The van der Waals surface area contributed by atoms with E-state index in [0.29, 0.717) is 0 Å². The molecule has 1 nitrogen and oxygen atoms in total. The van der Waals surface area contributed by atoms with Crippen molar-refractivity contribution in [2.45, 2.75) is 6.92 Å². The molecule has 0 atom stereocenters. The molecule has 0 amide bonds. The minimum atomic E-state index is 1.09. The van der Waals surface area contributed by atoms with Gasteiger partial charge in [-0.25, -0.2) is 0 Å². The van der Waals surface area contributed by atoms with Crippen LogP contribution in [0.25, 0.3) is 33.4 Å². The van der Waals surface area contributed by atoms with Gasteiger partial charge in [-0.2, -0.15) is 0 Å².